The second-order valence-electron chi connectivity index (χ2n) is 4.60. The molecular weight excluding hydrogens is 272 g/mol. The van der Waals surface area contributed by atoms with Crippen LogP contribution < -0.4 is 10.5 Å². The predicted octanol–water partition coefficient (Wildman–Crippen LogP) is 2.04. The molecule has 0 bridgehead atoms. The van der Waals surface area contributed by atoms with Gasteiger partial charge in [0.25, 0.3) is 5.69 Å². The molecule has 0 atom stereocenters. The zero-order chi connectivity index (χ0) is 15.4. The molecule has 7 nitrogen and oxygen atoms in total. The summed E-state index contributed by atoms with van der Waals surface area (Å²) in [6, 6.07) is 3.53. The van der Waals surface area contributed by atoms with Gasteiger partial charge in [-0.05, 0) is 26.0 Å². The molecule has 0 unspecified atom stereocenters. The molecule has 0 fully saturated rings. The summed E-state index contributed by atoms with van der Waals surface area (Å²) in [5.74, 6) is 0.566. The third kappa shape index (κ3) is 3.32. The lowest BCUT2D eigenvalue weighted by molar-refractivity contribution is -0.386. The Bertz CT molecular complexity index is 656. The van der Waals surface area contributed by atoms with E-state index in [-0.39, 0.29) is 12.3 Å². The number of nitrogens with zero attached hydrogens (tertiary/aromatic N) is 3. The molecule has 0 aliphatic carbocycles. The van der Waals surface area contributed by atoms with Crippen LogP contribution in [0.15, 0.2) is 24.5 Å². The molecule has 21 heavy (non-hydrogen) atoms. The first-order valence-electron chi connectivity index (χ1n) is 6.40. The molecule has 0 aliphatic heterocycles. The molecule has 0 aliphatic rings. The van der Waals surface area contributed by atoms with Crippen molar-refractivity contribution in [3.05, 3.63) is 57.2 Å². The summed E-state index contributed by atoms with van der Waals surface area (Å²) < 4.78 is 5.56. The first-order chi connectivity index (χ1) is 10.0. The van der Waals surface area contributed by atoms with Gasteiger partial charge in [-0.15, -0.1) is 0 Å². The number of aromatic nitrogens is 2. The highest BCUT2D eigenvalue weighted by molar-refractivity contribution is 5.47. The van der Waals surface area contributed by atoms with Crippen molar-refractivity contribution in [2.24, 2.45) is 5.73 Å². The Hall–Kier alpha value is -2.54. The predicted molar refractivity (Wildman–Crippen MR) is 76.8 cm³/mol. The third-order valence-corrected chi connectivity index (χ3v) is 3.14. The van der Waals surface area contributed by atoms with Crippen molar-refractivity contribution in [2.45, 2.75) is 27.0 Å². The lowest BCUT2D eigenvalue weighted by Crippen LogP contribution is -2.06. The molecule has 0 spiro atoms. The van der Waals surface area contributed by atoms with Crippen molar-refractivity contribution in [1.82, 2.24) is 9.97 Å². The molecule has 2 aromatic heterocycles. The maximum absolute atomic E-state index is 11.1. The summed E-state index contributed by atoms with van der Waals surface area (Å²) in [5, 5.41) is 11.1. The number of nitrogens with two attached hydrogens (primary N) is 1. The molecule has 2 N–H and O–H groups in total. The van der Waals surface area contributed by atoms with Crippen LogP contribution >= 0.6 is 0 Å². The Labute approximate surface area is 121 Å². The van der Waals surface area contributed by atoms with E-state index in [0.29, 0.717) is 29.1 Å². The van der Waals surface area contributed by atoms with E-state index < -0.39 is 4.92 Å². The van der Waals surface area contributed by atoms with Crippen LogP contribution in [-0.4, -0.2) is 14.9 Å². The normalized spacial score (nSPS) is 10.4. The largest absolute Gasteiger partial charge is 0.486 e. The topological polar surface area (TPSA) is 104 Å². The molecule has 0 saturated carbocycles. The molecule has 0 amide bonds. The molecule has 0 saturated heterocycles. The lowest BCUT2D eigenvalue weighted by atomic mass is 10.1. The van der Waals surface area contributed by atoms with E-state index in [4.69, 9.17) is 10.5 Å². The number of hydrogen-bond donors (Lipinski definition) is 1. The van der Waals surface area contributed by atoms with Crippen LogP contribution in [0.1, 0.15) is 22.5 Å². The van der Waals surface area contributed by atoms with Crippen molar-refractivity contribution in [2.75, 3.05) is 0 Å². The smallest absolute Gasteiger partial charge is 0.278 e. The zero-order valence-electron chi connectivity index (χ0n) is 11.9. The van der Waals surface area contributed by atoms with Gasteiger partial charge in [-0.3, -0.25) is 20.1 Å². The second kappa shape index (κ2) is 6.27. The summed E-state index contributed by atoms with van der Waals surface area (Å²) in [6.45, 7) is 3.85. The minimum absolute atomic E-state index is 0.0835. The molecule has 2 heterocycles. The van der Waals surface area contributed by atoms with Gasteiger partial charge in [-0.25, -0.2) is 0 Å². The van der Waals surface area contributed by atoms with Gasteiger partial charge < -0.3 is 10.5 Å². The second-order valence-corrected chi connectivity index (χ2v) is 4.60. The van der Waals surface area contributed by atoms with Crippen molar-refractivity contribution in [3.63, 3.8) is 0 Å². The molecule has 0 radical (unpaired) electrons. The highest BCUT2D eigenvalue weighted by Gasteiger charge is 2.18. The van der Waals surface area contributed by atoms with Gasteiger partial charge in [-0.2, -0.15) is 0 Å². The van der Waals surface area contributed by atoms with Gasteiger partial charge in [0, 0.05) is 18.3 Å². The zero-order valence-corrected chi connectivity index (χ0v) is 11.9. The summed E-state index contributed by atoms with van der Waals surface area (Å²) in [7, 11) is 0. The van der Waals surface area contributed by atoms with E-state index in [0.717, 1.165) is 5.69 Å². The van der Waals surface area contributed by atoms with Crippen molar-refractivity contribution < 1.29 is 9.66 Å². The van der Waals surface area contributed by atoms with Gasteiger partial charge in [-0.1, -0.05) is 0 Å². The van der Waals surface area contributed by atoms with Crippen molar-refractivity contribution in [3.8, 4) is 5.75 Å². The number of ether oxygens (including phenoxy) is 1. The van der Waals surface area contributed by atoms with Crippen LogP contribution in [0.5, 0.6) is 5.75 Å². The molecular formula is C14H16N4O3. The fourth-order valence-corrected chi connectivity index (χ4v) is 1.96. The van der Waals surface area contributed by atoms with Crippen molar-refractivity contribution in [1.29, 1.82) is 0 Å². The summed E-state index contributed by atoms with van der Waals surface area (Å²) in [5.41, 5.74) is 7.91. The van der Waals surface area contributed by atoms with Crippen LogP contribution in [0, 0.1) is 24.0 Å². The Morgan fingerprint density at radius 3 is 2.62 bits per heavy atom. The van der Waals surface area contributed by atoms with Crippen LogP contribution in [0.3, 0.4) is 0 Å². The van der Waals surface area contributed by atoms with E-state index in [1.165, 1.54) is 6.20 Å². The SMILES string of the molecule is Cc1cnc(COc2ccc(CN)nc2)c(C)c1[N+](=O)[O-]. The van der Waals surface area contributed by atoms with E-state index in [9.17, 15) is 10.1 Å². The van der Waals surface area contributed by atoms with Gasteiger partial charge in [0.1, 0.15) is 12.4 Å². The van der Waals surface area contributed by atoms with E-state index >= 15 is 0 Å². The average molecular weight is 288 g/mol. The quantitative estimate of drug-likeness (QED) is 0.667. The summed E-state index contributed by atoms with van der Waals surface area (Å²) in [6.07, 6.45) is 3.06. The van der Waals surface area contributed by atoms with E-state index in [2.05, 4.69) is 9.97 Å². The summed E-state index contributed by atoms with van der Waals surface area (Å²) in [4.78, 5) is 19.0. The number of rotatable bonds is 5. The molecule has 2 aromatic rings. The van der Waals surface area contributed by atoms with E-state index in [1.807, 2.05) is 0 Å². The first kappa shape index (κ1) is 14.9. The summed E-state index contributed by atoms with van der Waals surface area (Å²) >= 11 is 0. The number of nitro groups is 1. The third-order valence-electron chi connectivity index (χ3n) is 3.14. The van der Waals surface area contributed by atoms with Gasteiger partial charge in [0.2, 0.25) is 0 Å². The van der Waals surface area contributed by atoms with Crippen LogP contribution in [0.2, 0.25) is 0 Å². The Morgan fingerprint density at radius 1 is 1.29 bits per heavy atom. The highest BCUT2D eigenvalue weighted by atomic mass is 16.6. The minimum Gasteiger partial charge on any atom is -0.486 e. The standard InChI is InChI=1S/C14H16N4O3/c1-9-6-17-13(10(2)14(9)18(19)20)8-21-12-4-3-11(5-15)16-7-12/h3-4,6-7H,5,8,15H2,1-2H3. The minimum atomic E-state index is -0.395. The van der Waals surface area contributed by atoms with E-state index in [1.54, 1.807) is 32.2 Å². The van der Waals surface area contributed by atoms with Gasteiger partial charge >= 0.3 is 0 Å². The Kier molecular flexibility index (Phi) is 4.44. The monoisotopic (exact) mass is 288 g/mol. The number of pyridine rings is 2. The van der Waals surface area contributed by atoms with Crippen LogP contribution in [0.4, 0.5) is 5.69 Å². The first-order valence-corrected chi connectivity index (χ1v) is 6.40. The van der Waals surface area contributed by atoms with Gasteiger partial charge in [0.05, 0.1) is 28.1 Å². The average Bonchev–Trinajstić information content (AvgIpc) is 2.46. The fourth-order valence-electron chi connectivity index (χ4n) is 1.96. The Balaban J connectivity index is 2.16. The fraction of sp³-hybridized carbons (Fsp3) is 0.286. The maximum Gasteiger partial charge on any atom is 0.278 e. The van der Waals surface area contributed by atoms with Crippen molar-refractivity contribution >= 4 is 5.69 Å². The lowest BCUT2D eigenvalue weighted by Gasteiger charge is -2.09. The van der Waals surface area contributed by atoms with Gasteiger partial charge in [0.15, 0.2) is 0 Å². The molecule has 0 aromatic carbocycles. The van der Waals surface area contributed by atoms with Crippen LogP contribution in [0.25, 0.3) is 0 Å². The highest BCUT2D eigenvalue weighted by Crippen LogP contribution is 2.24. The molecule has 7 heteroatoms. The number of aryl methyl sites for hydroxylation is 1. The molecule has 110 valence electrons. The molecule has 2 rings (SSSR count). The number of hydrogen-bond acceptors (Lipinski definition) is 6. The maximum atomic E-state index is 11.1. The Morgan fingerprint density at radius 2 is 2.05 bits per heavy atom. The van der Waals surface area contributed by atoms with Crippen LogP contribution in [-0.2, 0) is 13.2 Å².